The molecule has 1 atom stereocenters. The fourth-order valence-corrected chi connectivity index (χ4v) is 6.52. The molecule has 4 heterocycles. The Kier molecular flexibility index (Phi) is 5.25. The number of hydrogen-bond acceptors (Lipinski definition) is 7. The van der Waals surface area contributed by atoms with Crippen LogP contribution in [0.3, 0.4) is 0 Å². The number of fused-ring (bicyclic) bond motifs is 4. The van der Waals surface area contributed by atoms with Crippen molar-refractivity contribution in [2.75, 3.05) is 25.0 Å². The molecule has 1 N–H and O–H groups in total. The molecule has 0 bridgehead atoms. The summed E-state index contributed by atoms with van der Waals surface area (Å²) < 4.78 is 5.93. The first kappa shape index (κ1) is 20.6. The Morgan fingerprint density at radius 3 is 3.00 bits per heavy atom. The van der Waals surface area contributed by atoms with E-state index in [4.69, 9.17) is 4.74 Å². The lowest BCUT2D eigenvalue weighted by Gasteiger charge is -2.26. The Morgan fingerprint density at radius 1 is 1.27 bits per heavy atom. The predicted octanol–water partition coefficient (Wildman–Crippen LogP) is 4.49. The molecule has 1 saturated heterocycles. The van der Waals surface area contributed by atoms with Crippen molar-refractivity contribution in [3.63, 3.8) is 0 Å². The van der Waals surface area contributed by atoms with Gasteiger partial charge in [0.05, 0.1) is 24.2 Å². The van der Waals surface area contributed by atoms with Gasteiger partial charge in [-0.25, -0.2) is 9.97 Å². The molecule has 2 aromatic heterocycles. The van der Waals surface area contributed by atoms with Crippen molar-refractivity contribution in [1.29, 1.82) is 0 Å². The van der Waals surface area contributed by atoms with Gasteiger partial charge >= 0.3 is 0 Å². The summed E-state index contributed by atoms with van der Waals surface area (Å²) >= 11 is 1.71. The summed E-state index contributed by atoms with van der Waals surface area (Å²) in [4.78, 5) is 30.9. The number of anilines is 2. The summed E-state index contributed by atoms with van der Waals surface area (Å²) in [6, 6.07) is 4.17. The first-order valence-corrected chi connectivity index (χ1v) is 12.6. The van der Waals surface area contributed by atoms with Crippen LogP contribution in [-0.2, 0) is 24.2 Å². The summed E-state index contributed by atoms with van der Waals surface area (Å²) in [5.41, 5.74) is 4.48. The molecule has 0 unspecified atom stereocenters. The van der Waals surface area contributed by atoms with Crippen molar-refractivity contribution >= 4 is 45.2 Å². The van der Waals surface area contributed by atoms with E-state index in [-0.39, 0.29) is 5.92 Å². The third kappa shape index (κ3) is 3.66. The topological polar surface area (TPSA) is 79.7 Å². The van der Waals surface area contributed by atoms with Crippen LogP contribution in [0.5, 0.6) is 5.75 Å². The molecular weight excluding hydrogens is 434 g/mol. The Bertz CT molecular complexity index is 1260. The zero-order valence-corrected chi connectivity index (χ0v) is 19.6. The van der Waals surface area contributed by atoms with Crippen LogP contribution in [-0.4, -0.2) is 46.7 Å². The van der Waals surface area contributed by atoms with E-state index in [9.17, 15) is 4.79 Å². The molecule has 1 amide bonds. The molecule has 7 nitrogen and oxygen atoms in total. The fraction of sp³-hybridized carbons (Fsp3) is 0.440. The number of amides is 1. The van der Waals surface area contributed by atoms with E-state index in [1.165, 1.54) is 16.0 Å². The first-order valence-electron chi connectivity index (χ1n) is 11.8. The average Bonchev–Trinajstić information content (AvgIpc) is 3.58. The van der Waals surface area contributed by atoms with Crippen LogP contribution in [0, 0.1) is 5.92 Å². The highest BCUT2D eigenvalue weighted by Gasteiger charge is 2.32. The molecule has 2 aliphatic heterocycles. The Labute approximate surface area is 196 Å². The van der Waals surface area contributed by atoms with Gasteiger partial charge in [0.2, 0.25) is 5.91 Å². The maximum Gasteiger partial charge on any atom is 0.226 e. The second kappa shape index (κ2) is 8.41. The fourth-order valence-electron chi connectivity index (χ4n) is 5.25. The number of aliphatic imine (C=N–C) groups is 1. The maximum absolute atomic E-state index is 13.0. The van der Waals surface area contributed by atoms with Crippen molar-refractivity contribution in [2.24, 2.45) is 10.9 Å². The van der Waals surface area contributed by atoms with Gasteiger partial charge in [0.15, 0.2) is 0 Å². The van der Waals surface area contributed by atoms with Gasteiger partial charge in [0.1, 0.15) is 22.7 Å². The van der Waals surface area contributed by atoms with E-state index in [0.29, 0.717) is 19.1 Å². The number of thiophene rings is 1. The highest BCUT2D eigenvalue weighted by molar-refractivity contribution is 7.19. The number of ether oxygens (including phenoxy) is 1. The molecule has 33 heavy (non-hydrogen) atoms. The Morgan fingerprint density at radius 2 is 2.15 bits per heavy atom. The Balaban J connectivity index is 1.33. The molecule has 1 aliphatic carbocycles. The minimum absolute atomic E-state index is 0.0913. The number of carbonyl (C=O) groups excluding carboxylic acids is 1. The van der Waals surface area contributed by atoms with Crippen molar-refractivity contribution in [2.45, 2.75) is 45.6 Å². The molecule has 170 valence electrons. The molecule has 0 radical (unpaired) electrons. The van der Waals surface area contributed by atoms with Crippen molar-refractivity contribution in [1.82, 2.24) is 14.9 Å². The van der Waals surface area contributed by atoms with Crippen molar-refractivity contribution < 1.29 is 9.53 Å². The number of aryl methyl sites for hydroxylation is 1. The second-order valence-corrected chi connectivity index (χ2v) is 10.0. The molecule has 8 heteroatoms. The van der Waals surface area contributed by atoms with E-state index < -0.39 is 0 Å². The molecule has 1 fully saturated rings. The quantitative estimate of drug-likeness (QED) is 0.605. The van der Waals surface area contributed by atoms with Gasteiger partial charge in [-0.15, -0.1) is 11.3 Å². The maximum atomic E-state index is 13.0. The lowest BCUT2D eigenvalue weighted by atomic mass is 9.87. The van der Waals surface area contributed by atoms with Gasteiger partial charge in [-0.3, -0.25) is 9.79 Å². The van der Waals surface area contributed by atoms with Crippen LogP contribution in [0.2, 0.25) is 0 Å². The minimum atomic E-state index is 0.0913. The summed E-state index contributed by atoms with van der Waals surface area (Å²) in [6.07, 6.45) is 8.39. The van der Waals surface area contributed by atoms with Crippen molar-refractivity contribution in [3.05, 3.63) is 40.0 Å². The molecule has 0 saturated carbocycles. The number of nitrogens with zero attached hydrogens (tertiary/aromatic N) is 4. The van der Waals surface area contributed by atoms with Gasteiger partial charge in [0.25, 0.3) is 0 Å². The number of benzene rings is 1. The number of hydrogen-bond donors (Lipinski definition) is 1. The van der Waals surface area contributed by atoms with Crippen LogP contribution in [0.25, 0.3) is 10.2 Å². The first-order chi connectivity index (χ1) is 16.2. The number of rotatable bonds is 5. The third-order valence-electron chi connectivity index (χ3n) is 6.90. The zero-order valence-electron chi connectivity index (χ0n) is 18.8. The van der Waals surface area contributed by atoms with Gasteiger partial charge < -0.3 is 15.0 Å². The largest absolute Gasteiger partial charge is 0.492 e. The molecule has 1 aromatic carbocycles. The highest BCUT2D eigenvalue weighted by Crippen LogP contribution is 2.42. The van der Waals surface area contributed by atoms with Crippen LogP contribution >= 0.6 is 11.3 Å². The zero-order chi connectivity index (χ0) is 22.4. The van der Waals surface area contributed by atoms with Gasteiger partial charge in [-0.05, 0) is 67.9 Å². The SMILES string of the molecule is CCOc1cc2c(cc1Nc1ncnc3sc4c(c13)CC[C@H](C(=O)N1CCCC1)C4)C=NC2. The molecule has 3 aromatic rings. The summed E-state index contributed by atoms with van der Waals surface area (Å²) in [6.45, 7) is 5.12. The van der Waals surface area contributed by atoms with E-state index in [2.05, 4.69) is 37.3 Å². The number of likely N-dealkylation sites (tertiary alicyclic amines) is 1. The van der Waals surface area contributed by atoms with Gasteiger partial charge in [-0.2, -0.15) is 0 Å². The summed E-state index contributed by atoms with van der Waals surface area (Å²) in [7, 11) is 0. The second-order valence-electron chi connectivity index (χ2n) is 8.95. The molecule has 0 spiro atoms. The normalized spacial score (nSPS) is 19.1. The smallest absolute Gasteiger partial charge is 0.226 e. The predicted molar refractivity (Wildman–Crippen MR) is 131 cm³/mol. The van der Waals surface area contributed by atoms with E-state index in [1.54, 1.807) is 17.7 Å². The van der Waals surface area contributed by atoms with Crippen LogP contribution < -0.4 is 10.1 Å². The van der Waals surface area contributed by atoms with E-state index in [1.807, 2.05) is 13.1 Å². The van der Waals surface area contributed by atoms with E-state index >= 15 is 0 Å². The molecular formula is C25H27N5O2S. The number of aromatic nitrogens is 2. The molecule has 6 rings (SSSR count). The molecule has 3 aliphatic rings. The van der Waals surface area contributed by atoms with Crippen LogP contribution in [0.15, 0.2) is 23.5 Å². The van der Waals surface area contributed by atoms with Gasteiger partial charge in [0, 0.05) is 30.1 Å². The van der Waals surface area contributed by atoms with Gasteiger partial charge in [-0.1, -0.05) is 0 Å². The average molecular weight is 462 g/mol. The van der Waals surface area contributed by atoms with Crippen molar-refractivity contribution in [3.8, 4) is 5.75 Å². The Hall–Kier alpha value is -3.00. The summed E-state index contributed by atoms with van der Waals surface area (Å²) in [5, 5.41) is 4.62. The minimum Gasteiger partial charge on any atom is -0.492 e. The van der Waals surface area contributed by atoms with Crippen LogP contribution in [0.4, 0.5) is 11.5 Å². The standard InChI is InChI=1S/C25H27N5O2S/c1-2-32-20-10-17-13-26-12-16(17)9-19(20)29-23-22-18-6-5-15(25(31)30-7-3-4-8-30)11-21(18)33-24(22)28-14-27-23/h9-10,12,14-15H,2-8,11,13H2,1H3,(H,27,28,29)/t15-/m0/s1. The monoisotopic (exact) mass is 461 g/mol. The highest BCUT2D eigenvalue weighted by atomic mass is 32.1. The van der Waals surface area contributed by atoms with E-state index in [0.717, 1.165) is 78.2 Å². The third-order valence-corrected chi connectivity index (χ3v) is 8.06. The lowest BCUT2D eigenvalue weighted by molar-refractivity contribution is -0.134. The number of nitrogens with one attached hydrogen (secondary N) is 1. The number of carbonyl (C=O) groups is 1. The summed E-state index contributed by atoms with van der Waals surface area (Å²) in [5.74, 6) is 2.04. The van der Waals surface area contributed by atoms with Crippen LogP contribution in [0.1, 0.15) is 47.8 Å². The lowest BCUT2D eigenvalue weighted by Crippen LogP contribution is -2.36.